The Kier molecular flexibility index (Phi) is 6.25. The zero-order chi connectivity index (χ0) is 19.6. The third-order valence-electron chi connectivity index (χ3n) is 4.32. The predicted molar refractivity (Wildman–Crippen MR) is 112 cm³/mol. The number of nitrogens with zero attached hydrogens (tertiary/aromatic N) is 1. The molecular formula is C21H24ClNO3S. The molecule has 1 aromatic heterocycles. The standard InChI is InChI=1S/C21H24ClNO3S/c1-12(2)7-20-23-17(11-27-20)14-5-6-15-16(8-14)21(22)19(9-18(15)24)26-10-13(3)25-4/h5-6,8-9,11-13,24H,7,10H2,1-4H3. The molecular weight excluding hydrogens is 382 g/mol. The van der Waals surface area contributed by atoms with Gasteiger partial charge in [-0.05, 0) is 25.0 Å². The van der Waals surface area contributed by atoms with Crippen molar-refractivity contribution in [1.29, 1.82) is 0 Å². The van der Waals surface area contributed by atoms with E-state index in [1.165, 1.54) is 0 Å². The number of benzene rings is 2. The summed E-state index contributed by atoms with van der Waals surface area (Å²) in [6.07, 6.45) is 0.898. The number of phenolic OH excluding ortho intramolecular Hbond substituents is 1. The minimum atomic E-state index is -0.0698. The Morgan fingerprint density at radius 1 is 1.19 bits per heavy atom. The molecule has 0 amide bonds. The molecule has 0 fully saturated rings. The van der Waals surface area contributed by atoms with Gasteiger partial charge in [0.25, 0.3) is 0 Å². The van der Waals surface area contributed by atoms with Gasteiger partial charge in [0.15, 0.2) is 0 Å². The van der Waals surface area contributed by atoms with Crippen LogP contribution >= 0.6 is 22.9 Å². The van der Waals surface area contributed by atoms with Gasteiger partial charge in [-0.1, -0.05) is 31.5 Å². The molecule has 2 aromatic carbocycles. The Morgan fingerprint density at radius 2 is 1.96 bits per heavy atom. The zero-order valence-electron chi connectivity index (χ0n) is 16.0. The van der Waals surface area contributed by atoms with Crippen molar-refractivity contribution in [3.63, 3.8) is 0 Å². The van der Waals surface area contributed by atoms with Gasteiger partial charge < -0.3 is 14.6 Å². The fraction of sp³-hybridized carbons (Fsp3) is 0.381. The fourth-order valence-electron chi connectivity index (χ4n) is 2.77. The Bertz CT molecular complexity index is 939. The quantitative estimate of drug-likeness (QED) is 0.528. The molecule has 0 aliphatic rings. The Balaban J connectivity index is 1.97. The summed E-state index contributed by atoms with van der Waals surface area (Å²) in [6, 6.07) is 7.34. The van der Waals surface area contributed by atoms with E-state index in [1.807, 2.05) is 25.1 Å². The van der Waals surface area contributed by atoms with E-state index in [0.29, 0.717) is 28.7 Å². The number of fused-ring (bicyclic) bond motifs is 1. The third-order valence-corrected chi connectivity index (χ3v) is 5.58. The first-order valence-electron chi connectivity index (χ1n) is 8.94. The van der Waals surface area contributed by atoms with Crippen molar-refractivity contribution in [2.75, 3.05) is 13.7 Å². The van der Waals surface area contributed by atoms with Gasteiger partial charge in [-0.2, -0.15) is 0 Å². The number of halogens is 1. The van der Waals surface area contributed by atoms with E-state index in [-0.39, 0.29) is 11.9 Å². The van der Waals surface area contributed by atoms with Crippen LogP contribution in [0.1, 0.15) is 25.8 Å². The van der Waals surface area contributed by atoms with E-state index < -0.39 is 0 Å². The molecule has 0 aliphatic carbocycles. The molecule has 3 aromatic rings. The number of hydrogen-bond acceptors (Lipinski definition) is 5. The molecule has 4 nitrogen and oxygen atoms in total. The maximum absolute atomic E-state index is 10.4. The lowest BCUT2D eigenvalue weighted by molar-refractivity contribution is 0.0717. The average Bonchev–Trinajstić information content (AvgIpc) is 3.10. The van der Waals surface area contributed by atoms with E-state index in [4.69, 9.17) is 26.1 Å². The topological polar surface area (TPSA) is 51.6 Å². The molecule has 27 heavy (non-hydrogen) atoms. The molecule has 1 heterocycles. The number of aromatic nitrogens is 1. The number of rotatable bonds is 7. The van der Waals surface area contributed by atoms with Crippen LogP contribution in [-0.4, -0.2) is 29.9 Å². The monoisotopic (exact) mass is 405 g/mol. The number of hydrogen-bond donors (Lipinski definition) is 1. The first-order valence-corrected chi connectivity index (χ1v) is 10.2. The van der Waals surface area contributed by atoms with Crippen molar-refractivity contribution >= 4 is 33.7 Å². The van der Waals surface area contributed by atoms with Crippen molar-refractivity contribution in [2.45, 2.75) is 33.3 Å². The minimum absolute atomic E-state index is 0.0698. The van der Waals surface area contributed by atoms with Crippen LogP contribution in [0.5, 0.6) is 11.5 Å². The first kappa shape index (κ1) is 19.9. The van der Waals surface area contributed by atoms with E-state index >= 15 is 0 Å². The van der Waals surface area contributed by atoms with Crippen LogP contribution in [0.15, 0.2) is 29.6 Å². The normalized spacial score (nSPS) is 12.7. The van der Waals surface area contributed by atoms with E-state index in [0.717, 1.165) is 28.1 Å². The maximum atomic E-state index is 10.4. The fourth-order valence-corrected chi connectivity index (χ4v) is 4.06. The molecule has 0 aliphatic heterocycles. The van der Waals surface area contributed by atoms with Gasteiger partial charge in [0, 0.05) is 41.3 Å². The van der Waals surface area contributed by atoms with Crippen LogP contribution in [0.25, 0.3) is 22.0 Å². The molecule has 144 valence electrons. The molecule has 1 unspecified atom stereocenters. The highest BCUT2D eigenvalue weighted by Crippen LogP contribution is 2.40. The first-order chi connectivity index (χ1) is 12.9. The summed E-state index contributed by atoms with van der Waals surface area (Å²) < 4.78 is 10.9. The second-order valence-corrected chi connectivity index (χ2v) is 8.37. The number of phenols is 1. The van der Waals surface area contributed by atoms with E-state index in [9.17, 15) is 5.11 Å². The highest BCUT2D eigenvalue weighted by molar-refractivity contribution is 7.09. The molecule has 0 spiro atoms. The zero-order valence-corrected chi connectivity index (χ0v) is 17.5. The number of ether oxygens (including phenoxy) is 2. The molecule has 0 radical (unpaired) electrons. The average molecular weight is 406 g/mol. The van der Waals surface area contributed by atoms with Gasteiger partial charge in [0.05, 0.1) is 21.8 Å². The molecule has 3 rings (SSSR count). The Hall–Kier alpha value is -1.82. The summed E-state index contributed by atoms with van der Waals surface area (Å²) in [4.78, 5) is 4.74. The van der Waals surface area contributed by atoms with Crippen molar-refractivity contribution in [3.05, 3.63) is 39.7 Å². The predicted octanol–water partition coefficient (Wildman–Crippen LogP) is 5.93. The van der Waals surface area contributed by atoms with Crippen LogP contribution in [0.3, 0.4) is 0 Å². The SMILES string of the molecule is COC(C)COc1cc(O)c2ccc(-c3csc(CC(C)C)n3)cc2c1Cl. The lowest BCUT2D eigenvalue weighted by Crippen LogP contribution is -2.16. The Morgan fingerprint density at radius 3 is 2.67 bits per heavy atom. The third kappa shape index (κ3) is 4.54. The summed E-state index contributed by atoms with van der Waals surface area (Å²) in [6.45, 7) is 6.63. The molecule has 0 bridgehead atoms. The van der Waals surface area contributed by atoms with Crippen LogP contribution in [0.4, 0.5) is 0 Å². The van der Waals surface area contributed by atoms with Crippen LogP contribution in [0, 0.1) is 5.92 Å². The van der Waals surface area contributed by atoms with Gasteiger partial charge in [-0.15, -0.1) is 11.3 Å². The summed E-state index contributed by atoms with van der Waals surface area (Å²) >= 11 is 8.25. The van der Waals surface area contributed by atoms with Crippen molar-refractivity contribution in [3.8, 4) is 22.8 Å². The highest BCUT2D eigenvalue weighted by atomic mass is 35.5. The molecule has 1 N–H and O–H groups in total. The van der Waals surface area contributed by atoms with Crippen molar-refractivity contribution in [2.24, 2.45) is 5.92 Å². The van der Waals surface area contributed by atoms with Gasteiger partial charge in [-0.25, -0.2) is 4.98 Å². The van der Waals surface area contributed by atoms with Crippen molar-refractivity contribution < 1.29 is 14.6 Å². The van der Waals surface area contributed by atoms with Gasteiger partial charge in [-0.3, -0.25) is 0 Å². The van der Waals surface area contributed by atoms with Crippen molar-refractivity contribution in [1.82, 2.24) is 4.98 Å². The molecule has 1 atom stereocenters. The maximum Gasteiger partial charge on any atom is 0.142 e. The van der Waals surface area contributed by atoms with E-state index in [1.54, 1.807) is 24.5 Å². The summed E-state index contributed by atoms with van der Waals surface area (Å²) in [5.74, 6) is 1.16. The molecule has 0 saturated heterocycles. The van der Waals surface area contributed by atoms with Gasteiger partial charge in [0.2, 0.25) is 0 Å². The van der Waals surface area contributed by atoms with Gasteiger partial charge in [0.1, 0.15) is 18.1 Å². The molecule has 6 heteroatoms. The molecule has 0 saturated carbocycles. The highest BCUT2D eigenvalue weighted by Gasteiger charge is 2.15. The van der Waals surface area contributed by atoms with Crippen LogP contribution in [0.2, 0.25) is 5.02 Å². The van der Waals surface area contributed by atoms with Crippen LogP contribution < -0.4 is 4.74 Å². The second-order valence-electron chi connectivity index (χ2n) is 7.05. The van der Waals surface area contributed by atoms with Gasteiger partial charge >= 0.3 is 0 Å². The lowest BCUT2D eigenvalue weighted by atomic mass is 10.0. The largest absolute Gasteiger partial charge is 0.507 e. The van der Waals surface area contributed by atoms with E-state index in [2.05, 4.69) is 19.2 Å². The minimum Gasteiger partial charge on any atom is -0.507 e. The summed E-state index contributed by atoms with van der Waals surface area (Å²) in [5, 5.41) is 15.5. The van der Waals surface area contributed by atoms with Crippen LogP contribution in [-0.2, 0) is 11.2 Å². The Labute approximate surface area is 168 Å². The number of aromatic hydroxyl groups is 1. The smallest absolute Gasteiger partial charge is 0.142 e. The second kappa shape index (κ2) is 8.46. The summed E-state index contributed by atoms with van der Waals surface area (Å²) in [5.41, 5.74) is 1.89. The number of methoxy groups -OCH3 is 1. The summed E-state index contributed by atoms with van der Waals surface area (Å²) in [7, 11) is 1.63. The number of thiazole rings is 1. The lowest BCUT2D eigenvalue weighted by Gasteiger charge is -2.15.